The van der Waals surface area contributed by atoms with Crippen LogP contribution in [0.3, 0.4) is 0 Å². The van der Waals surface area contributed by atoms with E-state index in [2.05, 4.69) is 10.6 Å². The number of ether oxygens (including phenoxy) is 2. The number of carbonyl (C=O) groups excluding carboxylic acids is 2. The summed E-state index contributed by atoms with van der Waals surface area (Å²) < 4.78 is 24.2. The van der Waals surface area contributed by atoms with Crippen molar-refractivity contribution in [1.82, 2.24) is 5.32 Å². The zero-order chi connectivity index (χ0) is 26.7. The second-order valence-corrected chi connectivity index (χ2v) is 8.34. The highest BCUT2D eigenvalue weighted by Gasteiger charge is 2.17. The number of methoxy groups -OCH3 is 1. The maximum atomic E-state index is 13.3. The quantitative estimate of drug-likeness (QED) is 0.238. The highest BCUT2D eigenvalue weighted by molar-refractivity contribution is 6.01. The van der Waals surface area contributed by atoms with Crippen molar-refractivity contribution in [2.75, 3.05) is 30.4 Å². The number of anilines is 2. The molecule has 4 rings (SSSR count). The molecule has 0 aliphatic carbocycles. The van der Waals surface area contributed by atoms with Gasteiger partial charge in [0.1, 0.15) is 23.1 Å². The summed E-state index contributed by atoms with van der Waals surface area (Å²) in [5, 5.41) is 5.71. The number of urea groups is 1. The molecule has 0 aliphatic heterocycles. The van der Waals surface area contributed by atoms with Crippen LogP contribution in [0.1, 0.15) is 16.8 Å². The molecule has 0 radical (unpaired) electrons. The van der Waals surface area contributed by atoms with Crippen molar-refractivity contribution in [2.45, 2.75) is 6.42 Å². The van der Waals surface area contributed by atoms with E-state index >= 15 is 0 Å². The highest BCUT2D eigenvalue weighted by Crippen LogP contribution is 2.25. The Morgan fingerprint density at radius 2 is 1.42 bits per heavy atom. The fraction of sp³-hybridized carbons (Fsp3) is 0.133. The molecule has 7 nitrogen and oxygen atoms in total. The SMILES string of the molecule is COc1ccc(NC(=O)N(CCCNC(=O)c2ccc(F)cc2)c2ccc(Oc3ccccc3)cc2)cc1. The number of nitrogens with zero attached hydrogens (tertiary/aromatic N) is 1. The Balaban J connectivity index is 1.42. The molecule has 0 saturated heterocycles. The molecular formula is C30H28FN3O4. The monoisotopic (exact) mass is 513 g/mol. The van der Waals surface area contributed by atoms with E-state index < -0.39 is 5.82 Å². The first-order valence-corrected chi connectivity index (χ1v) is 12.1. The molecule has 38 heavy (non-hydrogen) atoms. The van der Waals surface area contributed by atoms with Crippen LogP contribution < -0.4 is 25.0 Å². The molecular weight excluding hydrogens is 485 g/mol. The van der Waals surface area contributed by atoms with Gasteiger partial charge in [-0.05, 0) is 91.3 Å². The number of amides is 3. The van der Waals surface area contributed by atoms with Crippen molar-refractivity contribution in [3.63, 3.8) is 0 Å². The lowest BCUT2D eigenvalue weighted by atomic mass is 10.2. The predicted octanol–water partition coefficient (Wildman–Crippen LogP) is 6.49. The Labute approximate surface area is 220 Å². The average molecular weight is 514 g/mol. The van der Waals surface area contributed by atoms with E-state index in [-0.39, 0.29) is 11.9 Å². The van der Waals surface area contributed by atoms with Gasteiger partial charge in [-0.1, -0.05) is 18.2 Å². The Morgan fingerprint density at radius 1 is 0.789 bits per heavy atom. The fourth-order valence-electron chi connectivity index (χ4n) is 3.67. The molecule has 0 heterocycles. The third-order valence-electron chi connectivity index (χ3n) is 5.66. The number of carbonyl (C=O) groups is 2. The first-order chi connectivity index (χ1) is 18.5. The third kappa shape index (κ3) is 7.33. The lowest BCUT2D eigenvalue weighted by Crippen LogP contribution is -2.37. The molecule has 0 saturated carbocycles. The van der Waals surface area contributed by atoms with E-state index in [1.54, 1.807) is 48.4 Å². The van der Waals surface area contributed by atoms with Gasteiger partial charge in [-0.15, -0.1) is 0 Å². The van der Waals surface area contributed by atoms with Crippen LogP contribution in [0.5, 0.6) is 17.2 Å². The summed E-state index contributed by atoms with van der Waals surface area (Å²) >= 11 is 0. The lowest BCUT2D eigenvalue weighted by Gasteiger charge is -2.24. The van der Waals surface area contributed by atoms with Crippen molar-refractivity contribution in [2.24, 2.45) is 0 Å². The van der Waals surface area contributed by atoms with Crippen LogP contribution in [0.2, 0.25) is 0 Å². The van der Waals surface area contributed by atoms with E-state index in [1.807, 2.05) is 42.5 Å². The van der Waals surface area contributed by atoms with E-state index in [0.717, 1.165) is 0 Å². The van der Waals surface area contributed by atoms with Crippen LogP contribution in [0.15, 0.2) is 103 Å². The number of rotatable bonds is 10. The normalized spacial score (nSPS) is 10.4. The maximum absolute atomic E-state index is 13.3. The standard InChI is InChI=1S/C30H28FN3O4/c1-37-26-16-12-24(13-17-26)33-30(36)34(21-5-20-32-29(35)22-8-10-23(31)11-9-22)25-14-18-28(19-15-25)38-27-6-3-2-4-7-27/h2-4,6-19H,5,20-21H2,1H3,(H,32,35)(H,33,36). The number of hydrogen-bond donors (Lipinski definition) is 2. The van der Waals surface area contributed by atoms with Gasteiger partial charge < -0.3 is 20.1 Å². The summed E-state index contributed by atoms with van der Waals surface area (Å²) in [4.78, 5) is 27.2. The Kier molecular flexibility index (Phi) is 8.91. The Morgan fingerprint density at radius 3 is 2.08 bits per heavy atom. The summed E-state index contributed by atoms with van der Waals surface area (Å²) in [7, 11) is 1.58. The largest absolute Gasteiger partial charge is 0.497 e. The van der Waals surface area contributed by atoms with Crippen LogP contribution in [0.4, 0.5) is 20.6 Å². The molecule has 0 unspecified atom stereocenters. The van der Waals surface area contributed by atoms with Gasteiger partial charge in [-0.2, -0.15) is 0 Å². The van der Waals surface area contributed by atoms with Crippen LogP contribution >= 0.6 is 0 Å². The summed E-state index contributed by atoms with van der Waals surface area (Å²) in [6.45, 7) is 0.669. The zero-order valence-electron chi connectivity index (χ0n) is 20.9. The molecule has 4 aromatic rings. The molecule has 0 atom stereocenters. The molecule has 0 fully saturated rings. The van der Waals surface area contributed by atoms with Crippen molar-refractivity contribution < 1.29 is 23.5 Å². The highest BCUT2D eigenvalue weighted by atomic mass is 19.1. The smallest absolute Gasteiger partial charge is 0.326 e. The zero-order valence-corrected chi connectivity index (χ0v) is 20.9. The summed E-state index contributed by atoms with van der Waals surface area (Å²) in [6.07, 6.45) is 0.491. The van der Waals surface area contributed by atoms with Gasteiger partial charge in [0, 0.05) is 30.0 Å². The molecule has 0 aliphatic rings. The molecule has 0 spiro atoms. The average Bonchev–Trinajstić information content (AvgIpc) is 2.95. The predicted molar refractivity (Wildman–Crippen MR) is 146 cm³/mol. The number of benzene rings is 4. The number of hydrogen-bond acceptors (Lipinski definition) is 4. The van der Waals surface area contributed by atoms with Gasteiger partial charge in [0.25, 0.3) is 5.91 Å². The minimum Gasteiger partial charge on any atom is -0.497 e. The van der Waals surface area contributed by atoms with Gasteiger partial charge in [0.05, 0.1) is 7.11 Å². The minimum absolute atomic E-state index is 0.304. The Bertz CT molecular complexity index is 1330. The Hall–Kier alpha value is -4.85. The lowest BCUT2D eigenvalue weighted by molar-refractivity contribution is 0.0953. The maximum Gasteiger partial charge on any atom is 0.326 e. The van der Waals surface area contributed by atoms with Crippen LogP contribution in [0.25, 0.3) is 0 Å². The van der Waals surface area contributed by atoms with Crippen molar-refractivity contribution in [1.29, 1.82) is 0 Å². The molecule has 0 aromatic heterocycles. The molecule has 194 valence electrons. The molecule has 3 amide bonds. The number of nitrogens with one attached hydrogen (secondary N) is 2. The minimum atomic E-state index is -0.403. The fourth-order valence-corrected chi connectivity index (χ4v) is 3.67. The molecule has 4 aromatic carbocycles. The third-order valence-corrected chi connectivity index (χ3v) is 5.66. The van der Waals surface area contributed by atoms with Gasteiger partial charge in [-0.3, -0.25) is 9.69 Å². The summed E-state index contributed by atoms with van der Waals surface area (Å²) in [6, 6.07) is 28.7. The van der Waals surface area contributed by atoms with Crippen molar-refractivity contribution in [3.8, 4) is 17.2 Å². The number of para-hydroxylation sites is 1. The van der Waals surface area contributed by atoms with Crippen LogP contribution in [0, 0.1) is 5.82 Å². The molecule has 8 heteroatoms. The van der Waals surface area contributed by atoms with E-state index in [0.29, 0.717) is 53.7 Å². The van der Waals surface area contributed by atoms with Crippen molar-refractivity contribution in [3.05, 3.63) is 115 Å². The first-order valence-electron chi connectivity index (χ1n) is 12.1. The summed E-state index contributed by atoms with van der Waals surface area (Å²) in [5.74, 6) is 1.33. The second-order valence-electron chi connectivity index (χ2n) is 8.34. The topological polar surface area (TPSA) is 79.9 Å². The van der Waals surface area contributed by atoms with Gasteiger partial charge in [-0.25, -0.2) is 9.18 Å². The van der Waals surface area contributed by atoms with E-state index in [4.69, 9.17) is 9.47 Å². The van der Waals surface area contributed by atoms with Crippen molar-refractivity contribution >= 4 is 23.3 Å². The second kappa shape index (κ2) is 12.9. The summed E-state index contributed by atoms with van der Waals surface area (Å²) in [5.41, 5.74) is 1.66. The van der Waals surface area contributed by atoms with E-state index in [1.165, 1.54) is 24.3 Å². The van der Waals surface area contributed by atoms with Gasteiger partial charge in [0.15, 0.2) is 0 Å². The first kappa shape index (κ1) is 26.2. The van der Waals surface area contributed by atoms with Crippen LogP contribution in [-0.2, 0) is 0 Å². The van der Waals surface area contributed by atoms with Gasteiger partial charge in [0.2, 0.25) is 0 Å². The molecule has 0 bridgehead atoms. The van der Waals surface area contributed by atoms with Crippen LogP contribution in [-0.4, -0.2) is 32.1 Å². The van der Waals surface area contributed by atoms with E-state index in [9.17, 15) is 14.0 Å². The number of halogens is 1. The molecule has 2 N–H and O–H groups in total. The van der Waals surface area contributed by atoms with Gasteiger partial charge >= 0.3 is 6.03 Å².